The average Bonchev–Trinajstić information content (AvgIpc) is 2.43. The Bertz CT molecular complexity index is 367. The van der Waals surface area contributed by atoms with Crippen LogP contribution in [0.15, 0.2) is 30.3 Å². The van der Waals surface area contributed by atoms with Gasteiger partial charge < -0.3 is 15.2 Å². The predicted molar refractivity (Wildman–Crippen MR) is 74.8 cm³/mol. The molecular weight excluding hydrogens is 242 g/mol. The lowest BCUT2D eigenvalue weighted by atomic mass is 10.1. The molecule has 0 aliphatic carbocycles. The van der Waals surface area contributed by atoms with Crippen molar-refractivity contribution in [1.82, 2.24) is 0 Å². The first-order chi connectivity index (χ1) is 9.13. The number of aryl methyl sites for hydroxylation is 1. The van der Waals surface area contributed by atoms with Crippen molar-refractivity contribution in [1.29, 1.82) is 0 Å². The van der Waals surface area contributed by atoms with Crippen molar-refractivity contribution in [3.63, 3.8) is 0 Å². The van der Waals surface area contributed by atoms with Crippen molar-refractivity contribution in [3.05, 3.63) is 35.9 Å². The molecule has 2 N–H and O–H groups in total. The van der Waals surface area contributed by atoms with Crippen LogP contribution in [0.1, 0.15) is 25.8 Å². The minimum atomic E-state index is -0.579. The van der Waals surface area contributed by atoms with Crippen LogP contribution in [0.4, 0.5) is 0 Å². The second kappa shape index (κ2) is 8.67. The monoisotopic (exact) mass is 265 g/mol. The Labute approximate surface area is 114 Å². The Kier molecular flexibility index (Phi) is 7.15. The summed E-state index contributed by atoms with van der Waals surface area (Å²) in [4.78, 5) is 11.7. The molecule has 0 saturated heterocycles. The zero-order valence-corrected chi connectivity index (χ0v) is 11.7. The Morgan fingerprint density at radius 1 is 1.32 bits per heavy atom. The largest absolute Gasteiger partial charge is 0.459 e. The van der Waals surface area contributed by atoms with Crippen LogP contribution in [0.3, 0.4) is 0 Å². The number of carbonyl (C=O) groups excluding carboxylic acids is 1. The van der Waals surface area contributed by atoms with E-state index in [-0.39, 0.29) is 12.1 Å². The van der Waals surface area contributed by atoms with Crippen molar-refractivity contribution >= 4 is 5.97 Å². The van der Waals surface area contributed by atoms with Gasteiger partial charge in [0, 0.05) is 6.61 Å². The van der Waals surface area contributed by atoms with Crippen molar-refractivity contribution in [2.24, 2.45) is 5.73 Å². The van der Waals surface area contributed by atoms with Gasteiger partial charge in [-0.1, -0.05) is 30.3 Å². The maximum absolute atomic E-state index is 11.7. The van der Waals surface area contributed by atoms with E-state index in [1.165, 1.54) is 5.56 Å². The summed E-state index contributed by atoms with van der Waals surface area (Å²) in [6, 6.07) is 9.38. The molecule has 4 heteroatoms. The van der Waals surface area contributed by atoms with E-state index < -0.39 is 6.04 Å². The Morgan fingerprint density at radius 2 is 2.00 bits per heavy atom. The van der Waals surface area contributed by atoms with E-state index in [9.17, 15) is 4.79 Å². The lowest BCUT2D eigenvalue weighted by molar-refractivity contribution is -0.152. The number of hydrogen-bond acceptors (Lipinski definition) is 4. The molecule has 0 spiro atoms. The lowest BCUT2D eigenvalue weighted by Crippen LogP contribution is -2.35. The average molecular weight is 265 g/mol. The quantitative estimate of drug-likeness (QED) is 0.729. The van der Waals surface area contributed by atoms with Crippen molar-refractivity contribution in [3.8, 4) is 0 Å². The molecule has 0 aliphatic heterocycles. The number of hydrogen-bond donors (Lipinski definition) is 1. The molecule has 1 rings (SSSR count). The third-order valence-electron chi connectivity index (χ3n) is 2.76. The Hall–Kier alpha value is -1.39. The fourth-order valence-electron chi connectivity index (χ4n) is 1.69. The van der Waals surface area contributed by atoms with E-state index in [4.69, 9.17) is 15.2 Å². The lowest BCUT2D eigenvalue weighted by Gasteiger charge is -2.16. The number of nitrogens with two attached hydrogens (primary N) is 1. The number of esters is 1. The van der Waals surface area contributed by atoms with Gasteiger partial charge in [0.15, 0.2) is 0 Å². The van der Waals surface area contributed by atoms with Gasteiger partial charge >= 0.3 is 5.97 Å². The summed E-state index contributed by atoms with van der Waals surface area (Å²) in [5, 5.41) is 0. The second-order valence-corrected chi connectivity index (χ2v) is 4.54. The first-order valence-corrected chi connectivity index (χ1v) is 6.71. The summed E-state index contributed by atoms with van der Waals surface area (Å²) < 4.78 is 10.4. The van der Waals surface area contributed by atoms with E-state index in [1.54, 1.807) is 6.92 Å². The van der Waals surface area contributed by atoms with Crippen LogP contribution in [-0.2, 0) is 20.7 Å². The Morgan fingerprint density at radius 3 is 2.63 bits per heavy atom. The molecule has 0 aliphatic rings. The van der Waals surface area contributed by atoms with Gasteiger partial charge in [-0.25, -0.2) is 0 Å². The minimum Gasteiger partial charge on any atom is -0.459 e. The molecule has 1 aromatic rings. The van der Waals surface area contributed by atoms with Gasteiger partial charge in [0.1, 0.15) is 12.1 Å². The molecule has 0 bridgehead atoms. The second-order valence-electron chi connectivity index (χ2n) is 4.54. The van der Waals surface area contributed by atoms with E-state index >= 15 is 0 Å². The highest BCUT2D eigenvalue weighted by Crippen LogP contribution is 2.06. The van der Waals surface area contributed by atoms with Gasteiger partial charge in [-0.3, -0.25) is 4.79 Å². The SMILES string of the molecule is CCOCC(C)OC(=O)C(N)CCc1ccccc1. The van der Waals surface area contributed by atoms with Gasteiger partial charge in [0.25, 0.3) is 0 Å². The smallest absolute Gasteiger partial charge is 0.323 e. The molecule has 1 aromatic carbocycles. The number of rotatable bonds is 8. The maximum Gasteiger partial charge on any atom is 0.323 e. The number of benzene rings is 1. The summed E-state index contributed by atoms with van der Waals surface area (Å²) in [6.45, 7) is 4.73. The molecule has 0 radical (unpaired) electrons. The normalized spacial score (nSPS) is 13.8. The third kappa shape index (κ3) is 6.36. The molecule has 2 atom stereocenters. The summed E-state index contributed by atoms with van der Waals surface area (Å²) in [5.74, 6) is -0.358. The topological polar surface area (TPSA) is 61.5 Å². The molecule has 0 heterocycles. The van der Waals surface area contributed by atoms with E-state index in [0.29, 0.717) is 19.6 Å². The van der Waals surface area contributed by atoms with Crippen LogP contribution >= 0.6 is 0 Å². The predicted octanol–water partition coefficient (Wildman–Crippen LogP) is 1.91. The highest BCUT2D eigenvalue weighted by molar-refractivity contribution is 5.75. The summed E-state index contributed by atoms with van der Waals surface area (Å²) in [6.07, 6.45) is 1.11. The molecule has 0 aromatic heterocycles. The molecule has 2 unspecified atom stereocenters. The zero-order valence-electron chi connectivity index (χ0n) is 11.7. The number of ether oxygens (including phenoxy) is 2. The summed E-state index contributed by atoms with van der Waals surface area (Å²) >= 11 is 0. The van der Waals surface area contributed by atoms with Gasteiger partial charge in [-0.15, -0.1) is 0 Å². The van der Waals surface area contributed by atoms with Crippen molar-refractivity contribution < 1.29 is 14.3 Å². The summed E-state index contributed by atoms with van der Waals surface area (Å²) in [5.41, 5.74) is 7.00. The third-order valence-corrected chi connectivity index (χ3v) is 2.76. The van der Waals surface area contributed by atoms with E-state index in [1.807, 2.05) is 37.3 Å². The minimum absolute atomic E-state index is 0.254. The van der Waals surface area contributed by atoms with Gasteiger partial charge in [0.05, 0.1) is 6.61 Å². The fraction of sp³-hybridized carbons (Fsp3) is 0.533. The Balaban J connectivity index is 2.28. The standard InChI is InChI=1S/C15H23NO3/c1-3-18-11-12(2)19-15(17)14(16)10-9-13-7-5-4-6-8-13/h4-8,12,14H,3,9-11,16H2,1-2H3. The number of carbonyl (C=O) groups is 1. The van der Waals surface area contributed by atoms with Crippen molar-refractivity contribution in [2.75, 3.05) is 13.2 Å². The van der Waals surface area contributed by atoms with Crippen molar-refractivity contribution in [2.45, 2.75) is 38.8 Å². The molecule has 4 nitrogen and oxygen atoms in total. The highest BCUT2D eigenvalue weighted by Gasteiger charge is 2.17. The van der Waals surface area contributed by atoms with Crippen LogP contribution < -0.4 is 5.73 Å². The highest BCUT2D eigenvalue weighted by atomic mass is 16.6. The van der Waals surface area contributed by atoms with E-state index in [0.717, 1.165) is 6.42 Å². The summed E-state index contributed by atoms with van der Waals surface area (Å²) in [7, 11) is 0. The van der Waals surface area contributed by atoms with Crippen LogP contribution in [0.5, 0.6) is 0 Å². The fourth-order valence-corrected chi connectivity index (χ4v) is 1.69. The van der Waals surface area contributed by atoms with Crippen LogP contribution in [0, 0.1) is 0 Å². The molecular formula is C15H23NO3. The molecule has 0 fully saturated rings. The van der Waals surface area contributed by atoms with Crippen LogP contribution in [-0.4, -0.2) is 31.3 Å². The molecule has 19 heavy (non-hydrogen) atoms. The zero-order chi connectivity index (χ0) is 14.1. The van der Waals surface area contributed by atoms with E-state index in [2.05, 4.69) is 0 Å². The maximum atomic E-state index is 11.7. The molecule has 0 saturated carbocycles. The van der Waals surface area contributed by atoms with Gasteiger partial charge in [-0.05, 0) is 32.3 Å². The first kappa shape index (κ1) is 15.7. The first-order valence-electron chi connectivity index (χ1n) is 6.71. The van der Waals surface area contributed by atoms with Crippen LogP contribution in [0.2, 0.25) is 0 Å². The van der Waals surface area contributed by atoms with Crippen LogP contribution in [0.25, 0.3) is 0 Å². The van der Waals surface area contributed by atoms with Gasteiger partial charge in [0.2, 0.25) is 0 Å². The molecule has 0 amide bonds. The van der Waals surface area contributed by atoms with Gasteiger partial charge in [-0.2, -0.15) is 0 Å². The molecule has 106 valence electrons.